The first-order valence-electron chi connectivity index (χ1n) is 7.98. The molecule has 1 N–H and O–H groups in total. The third-order valence-electron chi connectivity index (χ3n) is 3.68. The Kier molecular flexibility index (Phi) is 5.07. The van der Waals surface area contributed by atoms with Gasteiger partial charge in [-0.15, -0.1) is 10.2 Å². The topological polar surface area (TPSA) is 94.3 Å². The van der Waals surface area contributed by atoms with Crippen LogP contribution in [0, 0.1) is 0 Å². The standard InChI is InChI=1S/C19H17N3O4/c1-12(23)15-4-3-5-16(10-15)21-18(24)13(2)26-17-8-6-14(7-9-17)19-22-20-11-25-19/h3-11,13H,1-2H3,(H,21,24)/t13-/m0/s1. The number of aromatic nitrogens is 2. The van der Waals surface area contributed by atoms with Crippen molar-refractivity contribution in [2.75, 3.05) is 5.32 Å². The second kappa shape index (κ2) is 7.60. The number of hydrogen-bond acceptors (Lipinski definition) is 6. The molecule has 0 saturated heterocycles. The molecular weight excluding hydrogens is 334 g/mol. The number of carbonyl (C=O) groups excluding carboxylic acids is 2. The lowest BCUT2D eigenvalue weighted by atomic mass is 10.1. The number of nitrogens with one attached hydrogen (secondary N) is 1. The highest BCUT2D eigenvalue weighted by atomic mass is 16.5. The molecule has 0 aliphatic rings. The van der Waals surface area contributed by atoms with Gasteiger partial charge in [0.25, 0.3) is 5.91 Å². The van der Waals surface area contributed by atoms with Crippen molar-refractivity contribution in [2.45, 2.75) is 20.0 Å². The maximum absolute atomic E-state index is 12.3. The third-order valence-corrected chi connectivity index (χ3v) is 3.68. The molecular formula is C19H17N3O4. The molecule has 0 radical (unpaired) electrons. The molecule has 1 amide bonds. The van der Waals surface area contributed by atoms with E-state index < -0.39 is 6.10 Å². The van der Waals surface area contributed by atoms with Gasteiger partial charge in [0.2, 0.25) is 12.3 Å². The molecule has 26 heavy (non-hydrogen) atoms. The number of hydrogen-bond donors (Lipinski definition) is 1. The van der Waals surface area contributed by atoms with Crippen LogP contribution in [0.15, 0.2) is 59.3 Å². The number of benzene rings is 2. The monoisotopic (exact) mass is 351 g/mol. The fourth-order valence-electron chi connectivity index (χ4n) is 2.29. The molecule has 0 unspecified atom stereocenters. The van der Waals surface area contributed by atoms with Gasteiger partial charge in [-0.2, -0.15) is 0 Å². The molecule has 3 rings (SSSR count). The minimum Gasteiger partial charge on any atom is -0.481 e. The van der Waals surface area contributed by atoms with E-state index in [0.29, 0.717) is 22.9 Å². The molecule has 2 aromatic carbocycles. The van der Waals surface area contributed by atoms with Gasteiger partial charge in [-0.3, -0.25) is 9.59 Å². The smallest absolute Gasteiger partial charge is 0.265 e. The van der Waals surface area contributed by atoms with Gasteiger partial charge in [-0.1, -0.05) is 12.1 Å². The lowest BCUT2D eigenvalue weighted by molar-refractivity contribution is -0.122. The summed E-state index contributed by atoms with van der Waals surface area (Å²) >= 11 is 0. The molecule has 0 spiro atoms. The Morgan fingerprint density at radius 2 is 1.92 bits per heavy atom. The van der Waals surface area contributed by atoms with Gasteiger partial charge >= 0.3 is 0 Å². The highest BCUT2D eigenvalue weighted by Gasteiger charge is 2.15. The Hall–Kier alpha value is -3.48. The quantitative estimate of drug-likeness (QED) is 0.685. The van der Waals surface area contributed by atoms with E-state index in [-0.39, 0.29) is 11.7 Å². The summed E-state index contributed by atoms with van der Waals surface area (Å²) in [6.45, 7) is 3.13. The third kappa shape index (κ3) is 4.13. The fourth-order valence-corrected chi connectivity index (χ4v) is 2.29. The summed E-state index contributed by atoms with van der Waals surface area (Å²) in [6, 6.07) is 13.7. The maximum Gasteiger partial charge on any atom is 0.265 e. The van der Waals surface area contributed by atoms with E-state index in [2.05, 4.69) is 15.5 Å². The van der Waals surface area contributed by atoms with Crippen molar-refractivity contribution < 1.29 is 18.7 Å². The number of Topliss-reactive ketones (excluding diaryl/α,β-unsaturated/α-hetero) is 1. The van der Waals surface area contributed by atoms with E-state index in [1.54, 1.807) is 55.5 Å². The number of amides is 1. The molecule has 1 aromatic heterocycles. The SMILES string of the molecule is CC(=O)c1cccc(NC(=O)[C@H](C)Oc2ccc(-c3nnco3)cc2)c1. The van der Waals surface area contributed by atoms with Gasteiger partial charge in [0.15, 0.2) is 11.9 Å². The molecule has 0 fully saturated rings. The molecule has 1 heterocycles. The van der Waals surface area contributed by atoms with Crippen LogP contribution >= 0.6 is 0 Å². The minimum atomic E-state index is -0.717. The van der Waals surface area contributed by atoms with Crippen LogP contribution in [-0.4, -0.2) is 28.0 Å². The average Bonchev–Trinajstić information content (AvgIpc) is 3.17. The van der Waals surface area contributed by atoms with E-state index in [9.17, 15) is 9.59 Å². The minimum absolute atomic E-state index is 0.0632. The maximum atomic E-state index is 12.3. The van der Waals surface area contributed by atoms with Crippen LogP contribution in [0.5, 0.6) is 5.75 Å². The molecule has 0 aliphatic heterocycles. The number of nitrogens with zero attached hydrogens (tertiary/aromatic N) is 2. The van der Waals surface area contributed by atoms with Crippen molar-refractivity contribution in [2.24, 2.45) is 0 Å². The zero-order chi connectivity index (χ0) is 18.5. The number of ether oxygens (including phenoxy) is 1. The van der Waals surface area contributed by atoms with Crippen LogP contribution in [-0.2, 0) is 4.79 Å². The largest absolute Gasteiger partial charge is 0.481 e. The van der Waals surface area contributed by atoms with E-state index in [1.807, 2.05) is 0 Å². The summed E-state index contributed by atoms with van der Waals surface area (Å²) in [5.74, 6) is 0.569. The molecule has 0 saturated carbocycles. The lowest BCUT2D eigenvalue weighted by Crippen LogP contribution is -2.30. The summed E-state index contributed by atoms with van der Waals surface area (Å²) in [5.41, 5.74) is 1.84. The van der Waals surface area contributed by atoms with Crippen molar-refractivity contribution in [3.05, 3.63) is 60.5 Å². The van der Waals surface area contributed by atoms with Gasteiger partial charge < -0.3 is 14.5 Å². The highest BCUT2D eigenvalue weighted by molar-refractivity contribution is 5.98. The molecule has 0 bridgehead atoms. The summed E-state index contributed by atoms with van der Waals surface area (Å²) in [4.78, 5) is 23.7. The second-order valence-corrected chi connectivity index (χ2v) is 5.65. The van der Waals surface area contributed by atoms with Crippen molar-refractivity contribution >= 4 is 17.4 Å². The van der Waals surface area contributed by atoms with Crippen molar-refractivity contribution in [1.29, 1.82) is 0 Å². The first-order valence-corrected chi connectivity index (χ1v) is 7.98. The predicted molar refractivity (Wildman–Crippen MR) is 94.9 cm³/mol. The Balaban J connectivity index is 1.62. The number of anilines is 1. The molecule has 7 heteroatoms. The van der Waals surface area contributed by atoms with Gasteiger partial charge in [-0.05, 0) is 50.2 Å². The zero-order valence-electron chi connectivity index (χ0n) is 14.3. The summed E-state index contributed by atoms with van der Waals surface area (Å²) < 4.78 is 10.8. The summed E-state index contributed by atoms with van der Waals surface area (Å²) in [7, 11) is 0. The lowest BCUT2D eigenvalue weighted by Gasteiger charge is -2.15. The fraction of sp³-hybridized carbons (Fsp3) is 0.158. The van der Waals surface area contributed by atoms with Gasteiger partial charge in [0.05, 0.1) is 0 Å². The average molecular weight is 351 g/mol. The molecule has 0 aliphatic carbocycles. The van der Waals surface area contributed by atoms with E-state index in [1.165, 1.54) is 13.3 Å². The van der Waals surface area contributed by atoms with Crippen molar-refractivity contribution in [3.63, 3.8) is 0 Å². The normalized spacial score (nSPS) is 11.6. The van der Waals surface area contributed by atoms with Gasteiger partial charge in [0.1, 0.15) is 5.75 Å². The molecule has 7 nitrogen and oxygen atoms in total. The highest BCUT2D eigenvalue weighted by Crippen LogP contribution is 2.21. The summed E-state index contributed by atoms with van der Waals surface area (Å²) in [5, 5.41) is 10.2. The van der Waals surface area contributed by atoms with Crippen LogP contribution in [0.2, 0.25) is 0 Å². The summed E-state index contributed by atoms with van der Waals surface area (Å²) in [6.07, 6.45) is 0.540. The van der Waals surface area contributed by atoms with Gasteiger partial charge in [-0.25, -0.2) is 0 Å². The van der Waals surface area contributed by atoms with Crippen LogP contribution in [0.4, 0.5) is 5.69 Å². The van der Waals surface area contributed by atoms with Crippen LogP contribution in [0.3, 0.4) is 0 Å². The Labute approximate surface area is 150 Å². The van der Waals surface area contributed by atoms with E-state index in [4.69, 9.17) is 9.15 Å². The molecule has 1 atom stereocenters. The molecule has 132 valence electrons. The van der Waals surface area contributed by atoms with Crippen LogP contribution in [0.1, 0.15) is 24.2 Å². The van der Waals surface area contributed by atoms with Crippen LogP contribution in [0.25, 0.3) is 11.5 Å². The van der Waals surface area contributed by atoms with Crippen molar-refractivity contribution in [1.82, 2.24) is 10.2 Å². The van der Waals surface area contributed by atoms with Gasteiger partial charge in [0, 0.05) is 16.8 Å². The zero-order valence-corrected chi connectivity index (χ0v) is 14.3. The number of carbonyl (C=O) groups is 2. The Bertz CT molecular complexity index is 905. The first-order chi connectivity index (χ1) is 12.5. The number of rotatable bonds is 6. The molecule has 3 aromatic rings. The number of ketones is 1. The second-order valence-electron chi connectivity index (χ2n) is 5.65. The van der Waals surface area contributed by atoms with Crippen molar-refractivity contribution in [3.8, 4) is 17.2 Å². The van der Waals surface area contributed by atoms with Crippen LogP contribution < -0.4 is 10.1 Å². The van der Waals surface area contributed by atoms with E-state index in [0.717, 1.165) is 5.56 Å². The Morgan fingerprint density at radius 1 is 1.15 bits per heavy atom. The predicted octanol–water partition coefficient (Wildman–Crippen LogP) is 3.35. The Morgan fingerprint density at radius 3 is 2.58 bits per heavy atom. The van der Waals surface area contributed by atoms with E-state index >= 15 is 0 Å². The first kappa shape index (κ1) is 17.3.